The highest BCUT2D eigenvalue weighted by molar-refractivity contribution is 5.92. The number of nitrogens with one attached hydrogen (secondary N) is 1. The van der Waals surface area contributed by atoms with Gasteiger partial charge in [0.05, 0.1) is 0 Å². The second-order valence-corrected chi connectivity index (χ2v) is 4.70. The summed E-state index contributed by atoms with van der Waals surface area (Å²) in [4.78, 5) is 10.9. The fourth-order valence-electron chi connectivity index (χ4n) is 1.72. The van der Waals surface area contributed by atoms with Crippen molar-refractivity contribution in [3.05, 3.63) is 65.9 Å². The molecular weight excluding hydrogens is 306 g/mol. The normalized spacial score (nSPS) is 11.2. The summed E-state index contributed by atoms with van der Waals surface area (Å²) in [6.45, 7) is 15.1. The number of aromatic carboxylic acids is 1. The third-order valence-electron chi connectivity index (χ3n) is 3.08. The summed E-state index contributed by atoms with van der Waals surface area (Å²) in [5, 5.41) is 31.5. The van der Waals surface area contributed by atoms with E-state index >= 15 is 0 Å². The van der Waals surface area contributed by atoms with Gasteiger partial charge < -0.3 is 20.6 Å². The van der Waals surface area contributed by atoms with Crippen LogP contribution >= 0.6 is 0 Å². The molecule has 0 atom stereocenters. The van der Waals surface area contributed by atoms with E-state index in [0.29, 0.717) is 5.70 Å². The second kappa shape index (κ2) is 9.94. The number of rotatable bonds is 6. The summed E-state index contributed by atoms with van der Waals surface area (Å²) < 4.78 is 0. The number of hydrogen-bond donors (Lipinski definition) is 4. The number of carbonyl (C=O) groups is 1. The van der Waals surface area contributed by atoms with Gasteiger partial charge in [-0.3, -0.25) is 0 Å². The Kier molecular flexibility index (Phi) is 8.72. The molecule has 0 aliphatic heterocycles. The van der Waals surface area contributed by atoms with Gasteiger partial charge in [0.1, 0.15) is 17.1 Å². The lowest BCUT2D eigenvalue weighted by Gasteiger charge is -2.14. The van der Waals surface area contributed by atoms with Gasteiger partial charge in [0.2, 0.25) is 0 Å². The van der Waals surface area contributed by atoms with E-state index in [-0.39, 0.29) is 16.9 Å². The van der Waals surface area contributed by atoms with Gasteiger partial charge in [-0.05, 0) is 31.6 Å². The van der Waals surface area contributed by atoms with Crippen LogP contribution in [0.4, 0.5) is 0 Å². The Balaban J connectivity index is 0.00000254. The lowest BCUT2D eigenvalue weighted by Crippen LogP contribution is -2.10. The van der Waals surface area contributed by atoms with Crippen LogP contribution in [0.25, 0.3) is 5.70 Å². The number of phenolic OH excluding ortho intramolecular Hbond substituents is 1. The minimum absolute atomic E-state index is 0.224. The Bertz CT molecular complexity index is 685. The van der Waals surface area contributed by atoms with Crippen molar-refractivity contribution >= 4 is 11.7 Å². The minimum atomic E-state index is -1.32. The number of carboxylic acids is 1. The first-order valence-electron chi connectivity index (χ1n) is 7.50. The molecule has 0 heterocycles. The Morgan fingerprint density at radius 2 is 1.62 bits per heavy atom. The Morgan fingerprint density at radius 1 is 1.12 bits per heavy atom. The first-order chi connectivity index (χ1) is 11.3. The van der Waals surface area contributed by atoms with Gasteiger partial charge in [0.25, 0.3) is 0 Å². The van der Waals surface area contributed by atoms with E-state index in [1.807, 2.05) is 33.8 Å². The maximum atomic E-state index is 10.9. The highest BCUT2D eigenvalue weighted by atomic mass is 16.4. The van der Waals surface area contributed by atoms with Crippen molar-refractivity contribution in [3.8, 4) is 11.5 Å². The van der Waals surface area contributed by atoms with E-state index in [4.69, 9.17) is 5.11 Å². The average Bonchev–Trinajstić information content (AvgIpc) is 2.55. The zero-order valence-electron chi connectivity index (χ0n) is 14.6. The lowest BCUT2D eigenvalue weighted by molar-refractivity contribution is 0.0693. The standard InChI is InChI=1S/C17H19NO4.C2H6/c1-5-6-7-10(2)11(3)18-12(4)13-8-16(20)14(17(21)22)9-15(13)19;1-2/h5-9,18-20H,1,4H2,2-3H3,(H,21,22);1-2H3/b7-6-,11-10+;. The predicted molar refractivity (Wildman–Crippen MR) is 98.0 cm³/mol. The van der Waals surface area contributed by atoms with Crippen LogP contribution in [0, 0.1) is 0 Å². The number of aromatic hydroxyl groups is 2. The van der Waals surface area contributed by atoms with Crippen LogP contribution < -0.4 is 5.32 Å². The molecule has 0 radical (unpaired) electrons. The maximum Gasteiger partial charge on any atom is 0.339 e. The molecule has 0 fully saturated rings. The van der Waals surface area contributed by atoms with Gasteiger partial charge in [0, 0.05) is 17.0 Å². The minimum Gasteiger partial charge on any atom is -0.507 e. The van der Waals surface area contributed by atoms with Crippen molar-refractivity contribution in [1.29, 1.82) is 0 Å². The lowest BCUT2D eigenvalue weighted by atomic mass is 10.1. The van der Waals surface area contributed by atoms with E-state index in [9.17, 15) is 15.0 Å². The zero-order valence-corrected chi connectivity index (χ0v) is 14.6. The summed E-state index contributed by atoms with van der Waals surface area (Å²) in [6, 6.07) is 2.15. The van der Waals surface area contributed by atoms with E-state index in [1.165, 1.54) is 0 Å². The average molecular weight is 331 g/mol. The first-order valence-corrected chi connectivity index (χ1v) is 7.50. The highest BCUT2D eigenvalue weighted by Gasteiger charge is 2.15. The first kappa shape index (κ1) is 21.0. The van der Waals surface area contributed by atoms with Crippen molar-refractivity contribution in [2.75, 3.05) is 0 Å². The van der Waals surface area contributed by atoms with E-state index in [1.54, 1.807) is 12.2 Å². The Morgan fingerprint density at radius 3 is 2.12 bits per heavy atom. The molecule has 0 bridgehead atoms. The van der Waals surface area contributed by atoms with Crippen molar-refractivity contribution in [2.45, 2.75) is 27.7 Å². The maximum absolute atomic E-state index is 10.9. The van der Waals surface area contributed by atoms with Crippen LogP contribution in [0.2, 0.25) is 0 Å². The molecule has 130 valence electrons. The summed E-state index contributed by atoms with van der Waals surface area (Å²) in [6.07, 6.45) is 5.29. The number of carboxylic acid groups (broad SMARTS) is 1. The van der Waals surface area contributed by atoms with E-state index in [0.717, 1.165) is 23.4 Å². The van der Waals surface area contributed by atoms with Gasteiger partial charge >= 0.3 is 5.97 Å². The molecule has 0 aliphatic rings. The smallest absolute Gasteiger partial charge is 0.339 e. The number of hydrogen-bond acceptors (Lipinski definition) is 4. The molecule has 0 unspecified atom stereocenters. The summed E-state index contributed by atoms with van der Waals surface area (Å²) in [5.41, 5.74) is 1.93. The summed E-state index contributed by atoms with van der Waals surface area (Å²) in [5.74, 6) is -2.03. The molecule has 0 saturated heterocycles. The van der Waals surface area contributed by atoms with Crippen LogP contribution in [0.3, 0.4) is 0 Å². The van der Waals surface area contributed by atoms with Crippen LogP contribution in [0.15, 0.2) is 54.8 Å². The second-order valence-electron chi connectivity index (χ2n) is 4.70. The number of allylic oxidation sites excluding steroid dienone is 5. The Hall–Kier alpha value is -2.95. The van der Waals surface area contributed by atoms with Crippen LogP contribution in [-0.4, -0.2) is 21.3 Å². The molecule has 24 heavy (non-hydrogen) atoms. The molecule has 5 heteroatoms. The molecule has 4 N–H and O–H groups in total. The van der Waals surface area contributed by atoms with Crippen molar-refractivity contribution in [2.24, 2.45) is 0 Å². The summed E-state index contributed by atoms with van der Waals surface area (Å²) >= 11 is 0. The number of benzene rings is 1. The molecule has 0 aliphatic carbocycles. The van der Waals surface area contributed by atoms with Crippen molar-refractivity contribution in [3.63, 3.8) is 0 Å². The van der Waals surface area contributed by atoms with Crippen molar-refractivity contribution in [1.82, 2.24) is 5.32 Å². The number of phenols is 2. The van der Waals surface area contributed by atoms with Crippen LogP contribution in [0.5, 0.6) is 11.5 Å². The largest absolute Gasteiger partial charge is 0.507 e. The molecule has 0 aromatic heterocycles. The fraction of sp³-hybridized carbons (Fsp3) is 0.211. The predicted octanol–water partition coefficient (Wildman–Crippen LogP) is 4.42. The van der Waals surface area contributed by atoms with Gasteiger partial charge in [0.15, 0.2) is 0 Å². The molecule has 0 amide bonds. The molecule has 1 rings (SSSR count). The third-order valence-corrected chi connectivity index (χ3v) is 3.08. The van der Waals surface area contributed by atoms with E-state index < -0.39 is 11.7 Å². The molecular formula is C19H25NO4. The molecule has 0 saturated carbocycles. The fourth-order valence-corrected chi connectivity index (χ4v) is 1.72. The highest BCUT2D eigenvalue weighted by Crippen LogP contribution is 2.31. The van der Waals surface area contributed by atoms with Gasteiger partial charge in [-0.15, -0.1) is 0 Å². The van der Waals surface area contributed by atoms with E-state index in [2.05, 4.69) is 18.5 Å². The molecule has 1 aromatic rings. The SMILES string of the molecule is C=C/C=C\C(C)=C(/C)NC(=C)c1cc(O)c(C(=O)O)cc1O.CC. The van der Waals surface area contributed by atoms with Crippen LogP contribution in [-0.2, 0) is 0 Å². The zero-order chi connectivity index (χ0) is 18.9. The molecule has 1 aromatic carbocycles. The quantitative estimate of drug-likeness (QED) is 0.458. The van der Waals surface area contributed by atoms with Gasteiger partial charge in [-0.25, -0.2) is 4.79 Å². The van der Waals surface area contributed by atoms with Gasteiger partial charge in [-0.1, -0.05) is 45.2 Å². The third kappa shape index (κ3) is 5.68. The monoisotopic (exact) mass is 331 g/mol. The van der Waals surface area contributed by atoms with Crippen molar-refractivity contribution < 1.29 is 20.1 Å². The van der Waals surface area contributed by atoms with Crippen LogP contribution in [0.1, 0.15) is 43.6 Å². The molecule has 5 nitrogen and oxygen atoms in total. The van der Waals surface area contributed by atoms with Gasteiger partial charge in [-0.2, -0.15) is 0 Å². The topological polar surface area (TPSA) is 89.8 Å². The molecule has 0 spiro atoms. The Labute approximate surface area is 143 Å². The summed E-state index contributed by atoms with van der Waals surface area (Å²) in [7, 11) is 0.